The van der Waals surface area contributed by atoms with Crippen LogP contribution in [0.5, 0.6) is 0 Å². The molecule has 0 unspecified atom stereocenters. The van der Waals surface area contributed by atoms with Crippen molar-refractivity contribution in [3.63, 3.8) is 0 Å². The topological polar surface area (TPSA) is 36.4 Å². The fourth-order valence-corrected chi connectivity index (χ4v) is 2.85. The number of thiocarbonyl (C=S) groups is 1. The molecule has 108 valence electrons. The molecule has 4 heteroatoms. The third-order valence-corrected chi connectivity index (χ3v) is 4.06. The molecule has 20 heavy (non-hydrogen) atoms. The van der Waals surface area contributed by atoms with Crippen molar-refractivity contribution < 1.29 is 0 Å². The third kappa shape index (κ3) is 4.60. The summed E-state index contributed by atoms with van der Waals surface area (Å²) < 4.78 is 0. The number of hydrogen-bond acceptors (Lipinski definition) is 2. The monoisotopic (exact) mass is 289 g/mol. The van der Waals surface area contributed by atoms with Gasteiger partial charge < -0.3 is 5.32 Å². The second kappa shape index (κ2) is 7.39. The Balaban J connectivity index is 1.80. The molecule has 3 nitrogen and oxygen atoms in total. The molecular weight excluding hydrogens is 266 g/mol. The Labute approximate surface area is 126 Å². The summed E-state index contributed by atoms with van der Waals surface area (Å²) in [6, 6.07) is 8.69. The van der Waals surface area contributed by atoms with Crippen LogP contribution in [0.2, 0.25) is 0 Å². The number of hydrazone groups is 1. The molecule has 0 aromatic heterocycles. The molecule has 1 aromatic carbocycles. The van der Waals surface area contributed by atoms with Gasteiger partial charge in [-0.15, -0.1) is 0 Å². The van der Waals surface area contributed by atoms with Crippen molar-refractivity contribution in [3.05, 3.63) is 35.4 Å². The zero-order valence-corrected chi connectivity index (χ0v) is 13.0. The second-order valence-electron chi connectivity index (χ2n) is 5.63. The highest BCUT2D eigenvalue weighted by Crippen LogP contribution is 2.23. The number of aryl methyl sites for hydroxylation is 1. The maximum Gasteiger partial charge on any atom is 0.187 e. The zero-order valence-electron chi connectivity index (χ0n) is 12.2. The zero-order chi connectivity index (χ0) is 14.4. The van der Waals surface area contributed by atoms with E-state index in [1.54, 1.807) is 6.21 Å². The van der Waals surface area contributed by atoms with Gasteiger partial charge in [0.15, 0.2) is 5.11 Å². The number of hydrogen-bond donors (Lipinski definition) is 2. The largest absolute Gasteiger partial charge is 0.358 e. The fraction of sp³-hybridized carbons (Fsp3) is 0.500. The average molecular weight is 289 g/mol. The molecule has 1 aromatic rings. The average Bonchev–Trinajstić information content (AvgIpc) is 2.41. The van der Waals surface area contributed by atoms with Crippen LogP contribution in [-0.4, -0.2) is 17.4 Å². The van der Waals surface area contributed by atoms with E-state index in [-0.39, 0.29) is 0 Å². The lowest BCUT2D eigenvalue weighted by Crippen LogP contribution is -2.44. The molecule has 0 heterocycles. The van der Waals surface area contributed by atoms with Crippen LogP contribution < -0.4 is 10.7 Å². The summed E-state index contributed by atoms with van der Waals surface area (Å²) in [6.07, 6.45) is 6.91. The van der Waals surface area contributed by atoms with Gasteiger partial charge in [0.05, 0.1) is 6.21 Å². The lowest BCUT2D eigenvalue weighted by molar-refractivity contribution is 0.308. The van der Waals surface area contributed by atoms with E-state index in [1.807, 2.05) is 12.1 Å². The first kappa shape index (κ1) is 15.0. The Morgan fingerprint density at radius 3 is 2.90 bits per heavy atom. The summed E-state index contributed by atoms with van der Waals surface area (Å²) in [7, 11) is 0. The van der Waals surface area contributed by atoms with E-state index in [0.29, 0.717) is 17.1 Å². The molecule has 2 atom stereocenters. The Morgan fingerprint density at radius 2 is 2.15 bits per heavy atom. The highest BCUT2D eigenvalue weighted by Gasteiger charge is 2.21. The summed E-state index contributed by atoms with van der Waals surface area (Å²) in [4.78, 5) is 0. The summed E-state index contributed by atoms with van der Waals surface area (Å²) in [5.74, 6) is 0.684. The van der Waals surface area contributed by atoms with Crippen LogP contribution in [-0.2, 0) is 0 Å². The summed E-state index contributed by atoms with van der Waals surface area (Å²) in [5.41, 5.74) is 5.21. The molecule has 1 fully saturated rings. The molecule has 2 rings (SSSR count). The predicted molar refractivity (Wildman–Crippen MR) is 89.1 cm³/mol. The van der Waals surface area contributed by atoms with Crippen LogP contribution >= 0.6 is 12.2 Å². The van der Waals surface area contributed by atoms with Gasteiger partial charge in [0, 0.05) is 6.04 Å². The van der Waals surface area contributed by atoms with Crippen LogP contribution in [0.4, 0.5) is 0 Å². The summed E-state index contributed by atoms with van der Waals surface area (Å²) >= 11 is 5.29. The van der Waals surface area contributed by atoms with Gasteiger partial charge in [-0.05, 0) is 43.5 Å². The highest BCUT2D eigenvalue weighted by atomic mass is 32.1. The molecule has 1 aliphatic rings. The maximum atomic E-state index is 5.29. The van der Waals surface area contributed by atoms with Gasteiger partial charge in [0.2, 0.25) is 0 Å². The minimum absolute atomic E-state index is 0.484. The van der Waals surface area contributed by atoms with Crippen molar-refractivity contribution in [1.29, 1.82) is 0 Å². The van der Waals surface area contributed by atoms with E-state index in [9.17, 15) is 0 Å². The Hall–Kier alpha value is -1.42. The van der Waals surface area contributed by atoms with E-state index < -0.39 is 0 Å². The second-order valence-corrected chi connectivity index (χ2v) is 6.03. The van der Waals surface area contributed by atoms with Gasteiger partial charge >= 0.3 is 0 Å². The molecule has 0 amide bonds. The van der Waals surface area contributed by atoms with Gasteiger partial charge in [-0.3, -0.25) is 5.43 Å². The van der Waals surface area contributed by atoms with E-state index in [1.165, 1.54) is 31.2 Å². The van der Waals surface area contributed by atoms with E-state index in [2.05, 4.69) is 41.8 Å². The minimum atomic E-state index is 0.484. The minimum Gasteiger partial charge on any atom is -0.358 e. The Kier molecular flexibility index (Phi) is 5.53. The van der Waals surface area contributed by atoms with Crippen LogP contribution in [0, 0.1) is 12.8 Å². The van der Waals surface area contributed by atoms with Gasteiger partial charge in [-0.1, -0.05) is 49.6 Å². The lowest BCUT2D eigenvalue weighted by atomic mass is 9.86. The first-order chi connectivity index (χ1) is 9.65. The molecule has 0 aliphatic heterocycles. The maximum absolute atomic E-state index is 5.29. The predicted octanol–water partition coefficient (Wildman–Crippen LogP) is 3.37. The Morgan fingerprint density at radius 1 is 1.35 bits per heavy atom. The molecule has 0 radical (unpaired) electrons. The highest BCUT2D eigenvalue weighted by molar-refractivity contribution is 7.80. The molecule has 1 aliphatic carbocycles. The van der Waals surface area contributed by atoms with Crippen LogP contribution in [0.3, 0.4) is 0 Å². The van der Waals surface area contributed by atoms with Gasteiger partial charge in [-0.25, -0.2) is 0 Å². The van der Waals surface area contributed by atoms with Gasteiger partial charge in [0.25, 0.3) is 0 Å². The molecule has 0 bridgehead atoms. The van der Waals surface area contributed by atoms with Crippen LogP contribution in [0.25, 0.3) is 0 Å². The van der Waals surface area contributed by atoms with E-state index in [4.69, 9.17) is 12.2 Å². The van der Waals surface area contributed by atoms with Crippen molar-refractivity contribution in [3.8, 4) is 0 Å². The molecule has 2 N–H and O–H groups in total. The molecule has 0 spiro atoms. The van der Waals surface area contributed by atoms with Crippen molar-refractivity contribution in [1.82, 2.24) is 10.7 Å². The van der Waals surface area contributed by atoms with Crippen molar-refractivity contribution in [2.24, 2.45) is 11.0 Å². The number of nitrogens with one attached hydrogen (secondary N) is 2. The van der Waals surface area contributed by atoms with Crippen LogP contribution in [0.15, 0.2) is 29.4 Å². The number of rotatable bonds is 3. The summed E-state index contributed by atoms with van der Waals surface area (Å²) in [5, 5.41) is 8.19. The van der Waals surface area contributed by atoms with Crippen molar-refractivity contribution >= 4 is 23.5 Å². The van der Waals surface area contributed by atoms with Crippen LogP contribution in [0.1, 0.15) is 43.7 Å². The van der Waals surface area contributed by atoms with Crippen molar-refractivity contribution in [2.75, 3.05) is 0 Å². The van der Waals surface area contributed by atoms with Crippen molar-refractivity contribution in [2.45, 2.75) is 45.6 Å². The molecule has 0 saturated heterocycles. The van der Waals surface area contributed by atoms with E-state index in [0.717, 1.165) is 5.56 Å². The lowest BCUT2D eigenvalue weighted by Gasteiger charge is -2.30. The normalized spacial score (nSPS) is 22.7. The number of nitrogens with zero attached hydrogens (tertiary/aromatic N) is 1. The quantitative estimate of drug-likeness (QED) is 0.509. The molecule has 1 saturated carbocycles. The third-order valence-electron chi connectivity index (χ3n) is 3.85. The smallest absolute Gasteiger partial charge is 0.187 e. The van der Waals surface area contributed by atoms with Gasteiger partial charge in [0.1, 0.15) is 0 Å². The standard InChI is InChI=1S/C16H23N3S/c1-12-6-5-8-14(10-12)11-17-19-16(20)18-15-9-4-3-7-13(15)2/h5-6,8,10-11,13,15H,3-4,7,9H2,1-2H3,(H2,18,19,20)/b17-11-/t13-,15-/m0/s1. The first-order valence-corrected chi connectivity index (χ1v) is 7.72. The fourth-order valence-electron chi connectivity index (χ4n) is 2.65. The molecular formula is C16H23N3S. The Bertz CT molecular complexity index is 484. The van der Waals surface area contributed by atoms with Gasteiger partial charge in [-0.2, -0.15) is 5.10 Å². The first-order valence-electron chi connectivity index (χ1n) is 7.31. The van der Waals surface area contributed by atoms with E-state index >= 15 is 0 Å². The SMILES string of the molecule is Cc1cccc(/C=N\NC(=S)N[C@H]2CCCC[C@@H]2C)c1. The summed E-state index contributed by atoms with van der Waals surface area (Å²) in [6.45, 7) is 4.36. The number of benzene rings is 1.